The van der Waals surface area contributed by atoms with Gasteiger partial charge in [0.25, 0.3) is 5.56 Å². The van der Waals surface area contributed by atoms with Crippen molar-refractivity contribution in [3.63, 3.8) is 0 Å². The molecule has 1 aromatic rings. The molecule has 1 saturated heterocycles. The van der Waals surface area contributed by atoms with E-state index in [9.17, 15) is 4.79 Å². The molecule has 1 aliphatic rings. The normalized spacial score (nSPS) is 17.9. The zero-order chi connectivity index (χ0) is 13.0. The molecule has 0 aromatic carbocycles. The minimum Gasteiger partial charge on any atom is -0.409 e. The first-order valence-electron chi connectivity index (χ1n) is 5.97. The zero-order valence-electron chi connectivity index (χ0n) is 10.1. The van der Waals surface area contributed by atoms with Gasteiger partial charge in [-0.2, -0.15) is 0 Å². The van der Waals surface area contributed by atoms with Crippen LogP contribution in [0.1, 0.15) is 18.4 Å². The number of amidine groups is 1. The highest BCUT2D eigenvalue weighted by molar-refractivity contribution is 5.96. The Kier molecular flexibility index (Phi) is 3.99. The average Bonchev–Trinajstić information content (AvgIpc) is 2.41. The number of hydrogen-bond acceptors (Lipinski definition) is 4. The molecule has 18 heavy (non-hydrogen) atoms. The summed E-state index contributed by atoms with van der Waals surface area (Å²) in [7, 11) is 0. The van der Waals surface area contributed by atoms with Crippen molar-refractivity contribution in [2.24, 2.45) is 16.8 Å². The summed E-state index contributed by atoms with van der Waals surface area (Å²) in [6.07, 6.45) is 3.65. The summed E-state index contributed by atoms with van der Waals surface area (Å²) in [5.74, 6) is 0.292. The highest BCUT2D eigenvalue weighted by Gasteiger charge is 2.16. The predicted octanol–water partition coefficient (Wildman–Crippen LogP) is 0.369. The van der Waals surface area contributed by atoms with Crippen molar-refractivity contribution in [3.05, 3.63) is 34.2 Å². The molecule has 98 valence electrons. The fourth-order valence-corrected chi connectivity index (χ4v) is 2.14. The summed E-state index contributed by atoms with van der Waals surface area (Å²) < 4.78 is 6.90. The van der Waals surface area contributed by atoms with Crippen molar-refractivity contribution in [2.45, 2.75) is 19.4 Å². The average molecular weight is 251 g/mol. The van der Waals surface area contributed by atoms with E-state index in [2.05, 4.69) is 5.16 Å². The molecule has 2 heterocycles. The van der Waals surface area contributed by atoms with Crippen molar-refractivity contribution in [1.29, 1.82) is 0 Å². The molecule has 0 unspecified atom stereocenters. The Morgan fingerprint density at radius 1 is 1.56 bits per heavy atom. The number of pyridine rings is 1. The second-order valence-corrected chi connectivity index (χ2v) is 4.42. The van der Waals surface area contributed by atoms with Gasteiger partial charge in [-0.25, -0.2) is 0 Å². The van der Waals surface area contributed by atoms with E-state index in [1.165, 1.54) is 0 Å². The van der Waals surface area contributed by atoms with E-state index in [1.54, 1.807) is 22.9 Å². The van der Waals surface area contributed by atoms with Gasteiger partial charge in [0.1, 0.15) is 0 Å². The molecule has 0 saturated carbocycles. The lowest BCUT2D eigenvalue weighted by Gasteiger charge is -2.22. The van der Waals surface area contributed by atoms with Gasteiger partial charge in [0.15, 0.2) is 5.84 Å². The maximum absolute atomic E-state index is 12.1. The molecule has 6 heteroatoms. The monoisotopic (exact) mass is 251 g/mol. The van der Waals surface area contributed by atoms with Crippen LogP contribution in [0.2, 0.25) is 0 Å². The Morgan fingerprint density at radius 2 is 2.28 bits per heavy atom. The van der Waals surface area contributed by atoms with E-state index in [4.69, 9.17) is 15.7 Å². The van der Waals surface area contributed by atoms with Gasteiger partial charge in [-0.05, 0) is 30.9 Å². The molecular weight excluding hydrogens is 234 g/mol. The standard InChI is InChI=1S/C12H17N3O3/c13-11(14-17)10-2-1-5-15(12(10)16)8-9-3-6-18-7-4-9/h1-2,5,9,17H,3-4,6-8H2,(H2,13,14). The molecule has 1 aromatic heterocycles. The third-order valence-electron chi connectivity index (χ3n) is 3.20. The Labute approximate surface area is 105 Å². The highest BCUT2D eigenvalue weighted by atomic mass is 16.5. The first-order chi connectivity index (χ1) is 8.72. The van der Waals surface area contributed by atoms with Crippen molar-refractivity contribution >= 4 is 5.84 Å². The van der Waals surface area contributed by atoms with Crippen molar-refractivity contribution in [1.82, 2.24) is 4.57 Å². The van der Waals surface area contributed by atoms with Crippen molar-refractivity contribution in [3.8, 4) is 0 Å². The van der Waals surface area contributed by atoms with Gasteiger partial charge in [-0.3, -0.25) is 4.79 Å². The van der Waals surface area contributed by atoms with Crippen LogP contribution in [-0.2, 0) is 11.3 Å². The van der Waals surface area contributed by atoms with Gasteiger partial charge in [0, 0.05) is 26.0 Å². The minimum atomic E-state index is -0.223. The highest BCUT2D eigenvalue weighted by Crippen LogP contribution is 2.16. The van der Waals surface area contributed by atoms with Crippen LogP contribution in [0.25, 0.3) is 0 Å². The largest absolute Gasteiger partial charge is 0.409 e. The van der Waals surface area contributed by atoms with Crippen LogP contribution in [0, 0.1) is 5.92 Å². The SMILES string of the molecule is N/C(=N/O)c1cccn(CC2CCOCC2)c1=O. The van der Waals surface area contributed by atoms with E-state index in [1.807, 2.05) is 0 Å². The van der Waals surface area contributed by atoms with Gasteiger partial charge in [0.2, 0.25) is 0 Å². The number of nitrogens with zero attached hydrogens (tertiary/aromatic N) is 2. The molecule has 2 rings (SSSR count). The molecule has 0 aliphatic carbocycles. The number of hydrogen-bond donors (Lipinski definition) is 2. The Balaban J connectivity index is 2.20. The zero-order valence-corrected chi connectivity index (χ0v) is 10.1. The summed E-state index contributed by atoms with van der Waals surface area (Å²) in [4.78, 5) is 12.1. The molecule has 1 aliphatic heterocycles. The van der Waals surface area contributed by atoms with E-state index in [0.29, 0.717) is 12.5 Å². The summed E-state index contributed by atoms with van der Waals surface area (Å²) in [5, 5.41) is 11.5. The fourth-order valence-electron chi connectivity index (χ4n) is 2.14. The summed E-state index contributed by atoms with van der Waals surface area (Å²) in [6.45, 7) is 2.15. The van der Waals surface area contributed by atoms with Gasteiger partial charge < -0.3 is 20.2 Å². The lowest BCUT2D eigenvalue weighted by atomic mass is 10.0. The van der Waals surface area contributed by atoms with Crippen LogP contribution < -0.4 is 11.3 Å². The van der Waals surface area contributed by atoms with Crippen LogP contribution in [0.15, 0.2) is 28.3 Å². The van der Waals surface area contributed by atoms with Crippen LogP contribution in [0.3, 0.4) is 0 Å². The van der Waals surface area contributed by atoms with E-state index >= 15 is 0 Å². The first kappa shape index (κ1) is 12.6. The smallest absolute Gasteiger partial charge is 0.261 e. The predicted molar refractivity (Wildman–Crippen MR) is 66.8 cm³/mol. The molecule has 0 spiro atoms. The quantitative estimate of drug-likeness (QED) is 0.351. The van der Waals surface area contributed by atoms with Gasteiger partial charge in [-0.15, -0.1) is 0 Å². The third kappa shape index (κ3) is 2.70. The number of oxime groups is 1. The number of ether oxygens (including phenoxy) is 1. The van der Waals surface area contributed by atoms with Crippen LogP contribution in [-0.4, -0.2) is 28.8 Å². The Hall–Kier alpha value is -1.82. The van der Waals surface area contributed by atoms with Gasteiger partial charge in [-0.1, -0.05) is 5.16 Å². The van der Waals surface area contributed by atoms with Crippen LogP contribution >= 0.6 is 0 Å². The molecule has 6 nitrogen and oxygen atoms in total. The van der Waals surface area contributed by atoms with E-state index in [0.717, 1.165) is 26.1 Å². The van der Waals surface area contributed by atoms with Gasteiger partial charge >= 0.3 is 0 Å². The van der Waals surface area contributed by atoms with E-state index in [-0.39, 0.29) is 17.0 Å². The molecular formula is C12H17N3O3. The lowest BCUT2D eigenvalue weighted by molar-refractivity contribution is 0.0609. The summed E-state index contributed by atoms with van der Waals surface area (Å²) >= 11 is 0. The van der Waals surface area contributed by atoms with Crippen LogP contribution in [0.4, 0.5) is 0 Å². The molecule has 0 bridgehead atoms. The number of rotatable bonds is 3. The van der Waals surface area contributed by atoms with Crippen LogP contribution in [0.5, 0.6) is 0 Å². The maximum Gasteiger partial charge on any atom is 0.261 e. The number of nitrogens with two attached hydrogens (primary N) is 1. The molecule has 3 N–H and O–H groups in total. The molecule has 0 atom stereocenters. The Morgan fingerprint density at radius 3 is 2.94 bits per heavy atom. The molecule has 1 fully saturated rings. The summed E-state index contributed by atoms with van der Waals surface area (Å²) in [6, 6.07) is 3.28. The van der Waals surface area contributed by atoms with Crippen molar-refractivity contribution in [2.75, 3.05) is 13.2 Å². The Bertz CT molecular complexity index is 490. The lowest BCUT2D eigenvalue weighted by Crippen LogP contribution is -2.32. The maximum atomic E-state index is 12.1. The topological polar surface area (TPSA) is 89.8 Å². The second-order valence-electron chi connectivity index (χ2n) is 4.42. The summed E-state index contributed by atoms with van der Waals surface area (Å²) in [5.41, 5.74) is 5.47. The first-order valence-corrected chi connectivity index (χ1v) is 5.97. The molecule has 0 radical (unpaired) electrons. The third-order valence-corrected chi connectivity index (χ3v) is 3.20. The van der Waals surface area contributed by atoms with Crippen molar-refractivity contribution < 1.29 is 9.94 Å². The second kappa shape index (κ2) is 5.68. The van der Waals surface area contributed by atoms with E-state index < -0.39 is 0 Å². The minimum absolute atomic E-state index is 0.152. The molecule has 0 amide bonds. The number of aromatic nitrogens is 1. The fraction of sp³-hybridized carbons (Fsp3) is 0.500. The van der Waals surface area contributed by atoms with Gasteiger partial charge in [0.05, 0.1) is 5.56 Å².